The van der Waals surface area contributed by atoms with E-state index in [0.717, 1.165) is 217 Å². The monoisotopic (exact) mass is 1480 g/mol. The van der Waals surface area contributed by atoms with Crippen LogP contribution in [0.15, 0.2) is 130 Å². The zero-order valence-electron chi connectivity index (χ0n) is 63.3. The van der Waals surface area contributed by atoms with E-state index in [1.807, 2.05) is 46.2 Å². The van der Waals surface area contributed by atoms with Crippen LogP contribution in [0.25, 0.3) is 42.0 Å². The van der Waals surface area contributed by atoms with Gasteiger partial charge in [0.15, 0.2) is 13.5 Å². The third-order valence-electron chi connectivity index (χ3n) is 22.0. The van der Waals surface area contributed by atoms with Gasteiger partial charge in [0.25, 0.3) is 11.1 Å². The summed E-state index contributed by atoms with van der Waals surface area (Å²) < 4.78 is 29.3. The summed E-state index contributed by atoms with van der Waals surface area (Å²) in [4.78, 5) is 92.5. The summed E-state index contributed by atoms with van der Waals surface area (Å²) in [6, 6.07) is 35.9. The number of nitrogens with zero attached hydrogens (tertiary/aromatic N) is 8. The van der Waals surface area contributed by atoms with Gasteiger partial charge >= 0.3 is 11.9 Å². The molecule has 0 unspecified atom stereocenters. The summed E-state index contributed by atoms with van der Waals surface area (Å²) in [6.45, 7) is 16.7. The number of piperazine rings is 3. The second-order valence-electron chi connectivity index (χ2n) is 29.8. The number of pyridine rings is 2. The minimum atomic E-state index is -0.293. The van der Waals surface area contributed by atoms with Gasteiger partial charge in [-0.3, -0.25) is 47.7 Å². The molecular formula is C86H116N8O10S2. The van der Waals surface area contributed by atoms with Crippen LogP contribution in [0, 0.1) is 0 Å². The van der Waals surface area contributed by atoms with Gasteiger partial charge < -0.3 is 38.5 Å². The molecule has 106 heavy (non-hydrogen) atoms. The van der Waals surface area contributed by atoms with E-state index in [1.54, 1.807) is 34.8 Å². The van der Waals surface area contributed by atoms with Gasteiger partial charge in [0.05, 0.1) is 24.2 Å². The normalized spacial score (nSPS) is 16.1. The quantitative estimate of drug-likeness (QED) is 0.0261. The van der Waals surface area contributed by atoms with Gasteiger partial charge in [-0.2, -0.15) is 0 Å². The van der Waals surface area contributed by atoms with Crippen LogP contribution in [0.1, 0.15) is 194 Å². The first-order valence-electron chi connectivity index (χ1n) is 40.2. The molecule has 8 aromatic rings. The summed E-state index contributed by atoms with van der Waals surface area (Å²) in [7, 11) is 0. The highest BCUT2D eigenvalue weighted by Crippen LogP contribution is 2.34. The van der Waals surface area contributed by atoms with Crippen LogP contribution < -0.4 is 30.4 Å². The number of anilines is 2. The van der Waals surface area contributed by atoms with Gasteiger partial charge in [0.1, 0.15) is 11.5 Å². The van der Waals surface area contributed by atoms with Crippen LogP contribution in [-0.2, 0) is 42.1 Å². The van der Waals surface area contributed by atoms with Crippen molar-refractivity contribution in [2.24, 2.45) is 0 Å². The van der Waals surface area contributed by atoms with Gasteiger partial charge in [-0.1, -0.05) is 115 Å². The zero-order chi connectivity index (χ0) is 73.7. The Balaban J connectivity index is 0.450. The maximum Gasteiger partial charge on any atom is 0.307 e. The fourth-order valence-corrected chi connectivity index (χ4v) is 17.2. The number of amides is 2. The van der Waals surface area contributed by atoms with Gasteiger partial charge in [-0.25, -0.2) is 0 Å². The predicted octanol–water partition coefficient (Wildman–Crippen LogP) is 17.2. The Bertz CT molecular complexity index is 3930. The lowest BCUT2D eigenvalue weighted by Gasteiger charge is -2.44. The highest BCUT2D eigenvalue weighted by atomic mass is 32.1. The smallest absolute Gasteiger partial charge is 0.307 e. The zero-order valence-corrected chi connectivity index (χ0v) is 64.9. The topological polar surface area (TPSA) is 169 Å². The average Bonchev–Trinajstić information content (AvgIpc) is 1.53. The Morgan fingerprint density at radius 1 is 0.396 bits per heavy atom. The molecule has 3 fully saturated rings. The number of benzene rings is 4. The maximum absolute atomic E-state index is 13.4. The van der Waals surface area contributed by atoms with Crippen molar-refractivity contribution in [3.05, 3.63) is 141 Å². The number of thiophene rings is 2. The molecular weight excluding hydrogens is 1370 g/mol. The minimum Gasteiger partial charge on any atom is -0.494 e. The molecule has 3 aliphatic rings. The maximum atomic E-state index is 13.4. The van der Waals surface area contributed by atoms with Crippen molar-refractivity contribution in [3.63, 3.8) is 0 Å². The standard InChI is InChI=1S/C86H116N8O10S2/c1-67-63-92(82(96)34-20-16-12-8-4-6-10-14-18-22-36-86(100)104-66-94-78-62-72(42-38-70(78)40-44-84(94)98)102-58-26-24-48-88-51-55-90(56-52-88)76-30-28-32-80-74(76)46-60-106-80)68(2)64-91(67)81(95)33-19-15-11-7-3-5-9-13-17-21-35-85(99)103-65-93-77-61-71(41-37-69(77)39-43-83(93)97)101-57-25-23-47-87-49-53-89(54-50-87)75-29-27-31-79-73(75)45-59-105-79/h27-32,37-46,59-62,67-68H,3-26,33-36,47-58,63-66H2,1-2H3/t67-,68+. The van der Waals surface area contributed by atoms with Crippen molar-refractivity contribution in [1.29, 1.82) is 0 Å². The van der Waals surface area contributed by atoms with Crippen molar-refractivity contribution in [1.82, 2.24) is 28.7 Å². The molecule has 0 saturated carbocycles. The third kappa shape index (κ3) is 23.6. The molecule has 0 radical (unpaired) electrons. The summed E-state index contributed by atoms with van der Waals surface area (Å²) >= 11 is 3.60. The van der Waals surface area contributed by atoms with E-state index in [-0.39, 0.29) is 60.4 Å². The molecule has 20 heteroatoms. The number of carbonyl (C=O) groups is 4. The van der Waals surface area contributed by atoms with Crippen molar-refractivity contribution < 1.29 is 38.1 Å². The summed E-state index contributed by atoms with van der Waals surface area (Å²) in [5.74, 6) is 1.22. The first kappa shape index (κ1) is 79.3. The lowest BCUT2D eigenvalue weighted by atomic mass is 10.0. The van der Waals surface area contributed by atoms with Gasteiger partial charge in [0.2, 0.25) is 11.8 Å². The lowest BCUT2D eigenvalue weighted by molar-refractivity contribution is -0.148. The molecule has 2 amide bonds. The van der Waals surface area contributed by atoms with Gasteiger partial charge in [-0.05, 0) is 173 Å². The molecule has 572 valence electrons. The molecule has 4 aromatic carbocycles. The molecule has 2 atom stereocenters. The Morgan fingerprint density at radius 2 is 0.755 bits per heavy atom. The van der Waals surface area contributed by atoms with E-state index in [1.165, 1.54) is 65.7 Å². The van der Waals surface area contributed by atoms with E-state index < -0.39 is 0 Å². The Kier molecular flexibility index (Phi) is 31.5. The number of unbranched alkanes of at least 4 members (excludes halogenated alkanes) is 20. The lowest BCUT2D eigenvalue weighted by Crippen LogP contribution is -2.59. The third-order valence-corrected chi connectivity index (χ3v) is 23.7. The van der Waals surface area contributed by atoms with Gasteiger partial charge in [-0.15, -0.1) is 22.7 Å². The second kappa shape index (κ2) is 42.1. The van der Waals surface area contributed by atoms with Crippen molar-refractivity contribution in [3.8, 4) is 11.5 Å². The van der Waals surface area contributed by atoms with E-state index in [2.05, 4.69) is 92.7 Å². The molecule has 0 N–H and O–H groups in total. The van der Waals surface area contributed by atoms with Crippen LogP contribution in [0.4, 0.5) is 11.4 Å². The number of carbonyl (C=O) groups excluding carboxylic acids is 4. The van der Waals surface area contributed by atoms with E-state index in [0.29, 0.717) is 74.5 Å². The largest absolute Gasteiger partial charge is 0.494 e. The molecule has 18 nitrogen and oxygen atoms in total. The fraction of sp³-hybridized carbons (Fsp3) is 0.558. The number of ether oxygens (including phenoxy) is 4. The highest BCUT2D eigenvalue weighted by Gasteiger charge is 2.34. The summed E-state index contributed by atoms with van der Waals surface area (Å²) in [5.41, 5.74) is 3.64. The van der Waals surface area contributed by atoms with Gasteiger partial charge in [0, 0.05) is 159 Å². The molecule has 3 saturated heterocycles. The number of fused-ring (bicyclic) bond motifs is 4. The van der Waals surface area contributed by atoms with Crippen LogP contribution in [0.2, 0.25) is 0 Å². The average molecular weight is 1490 g/mol. The number of rotatable bonds is 44. The Hall–Kier alpha value is -7.78. The Labute approximate surface area is 635 Å². The molecule has 4 aromatic heterocycles. The van der Waals surface area contributed by atoms with E-state index in [4.69, 9.17) is 18.9 Å². The first-order valence-corrected chi connectivity index (χ1v) is 42.0. The van der Waals surface area contributed by atoms with Crippen LogP contribution in [0.3, 0.4) is 0 Å². The number of hydrogen-bond donors (Lipinski definition) is 0. The second-order valence-corrected chi connectivity index (χ2v) is 31.7. The molecule has 0 aliphatic carbocycles. The molecule has 7 heterocycles. The molecule has 0 spiro atoms. The Morgan fingerprint density at radius 3 is 1.14 bits per heavy atom. The highest BCUT2D eigenvalue weighted by molar-refractivity contribution is 7.17. The SMILES string of the molecule is C[C@@H]1CN(C(=O)CCCCCCCCCCCCC(=O)OCn2c(=O)ccc3ccc(OCCCCN4CCN(c5cccc6sccc56)CC4)cc32)[C@@H](C)CN1C(=O)CCCCCCCCCCCCC(=O)OCn1c(=O)ccc2ccc(OCCCCN3CCN(c4cccc5sccc45)CC3)cc21. The van der Waals surface area contributed by atoms with E-state index in [9.17, 15) is 28.8 Å². The van der Waals surface area contributed by atoms with Crippen molar-refractivity contribution in [2.75, 3.05) is 102 Å². The van der Waals surface area contributed by atoms with Crippen molar-refractivity contribution in [2.45, 2.75) is 219 Å². The fourth-order valence-electron chi connectivity index (χ4n) is 15.6. The number of hydrogen-bond acceptors (Lipinski definition) is 16. The number of aromatic nitrogens is 2. The molecule has 11 rings (SSSR count). The molecule has 0 bridgehead atoms. The van der Waals surface area contributed by atoms with E-state index >= 15 is 0 Å². The summed E-state index contributed by atoms with van der Waals surface area (Å²) in [5, 5.41) is 8.84. The van der Waals surface area contributed by atoms with Crippen LogP contribution >= 0.6 is 22.7 Å². The van der Waals surface area contributed by atoms with Crippen LogP contribution in [-0.4, -0.2) is 156 Å². The number of esters is 2. The molecule has 3 aliphatic heterocycles. The first-order chi connectivity index (χ1) is 51.9. The minimum absolute atomic E-state index is 0.0124. The van der Waals surface area contributed by atoms with Crippen LogP contribution in [0.5, 0.6) is 11.5 Å². The van der Waals surface area contributed by atoms with Crippen molar-refractivity contribution >= 4 is 99.8 Å². The summed E-state index contributed by atoms with van der Waals surface area (Å²) in [6.07, 6.45) is 26.6. The predicted molar refractivity (Wildman–Crippen MR) is 432 cm³/mol.